The normalized spacial score (nSPS) is 16.5. The number of aryl methyl sites for hydroxylation is 1. The van der Waals surface area contributed by atoms with Crippen LogP contribution in [0.1, 0.15) is 41.4 Å². The molecule has 8 heteroatoms. The van der Waals surface area contributed by atoms with Crippen LogP contribution in [0.2, 0.25) is 0 Å². The predicted octanol–water partition coefficient (Wildman–Crippen LogP) is 2.93. The van der Waals surface area contributed by atoms with Crippen molar-refractivity contribution in [3.05, 3.63) is 76.2 Å². The molecule has 2 aromatic heterocycles. The Morgan fingerprint density at radius 2 is 1.97 bits per heavy atom. The van der Waals surface area contributed by atoms with Gasteiger partial charge in [0.05, 0.1) is 17.3 Å². The molecule has 3 aromatic rings. The summed E-state index contributed by atoms with van der Waals surface area (Å²) in [6, 6.07) is 8.93. The number of piperidine rings is 1. The van der Waals surface area contributed by atoms with Gasteiger partial charge in [0.15, 0.2) is 0 Å². The fourth-order valence-electron chi connectivity index (χ4n) is 3.90. The predicted molar refractivity (Wildman–Crippen MR) is 111 cm³/mol. The minimum absolute atomic E-state index is 0.0742. The van der Waals surface area contributed by atoms with E-state index >= 15 is 0 Å². The van der Waals surface area contributed by atoms with Crippen LogP contribution >= 0.6 is 0 Å². The number of benzene rings is 1. The second-order valence-corrected chi connectivity index (χ2v) is 7.38. The number of carbonyl (C=O) groups excluding carboxylic acids is 1. The summed E-state index contributed by atoms with van der Waals surface area (Å²) in [5, 5.41) is 0. The van der Waals surface area contributed by atoms with Gasteiger partial charge in [0.2, 0.25) is 11.5 Å². The molecular formula is C22H22FN5O2. The molecule has 2 N–H and O–H groups in total. The maximum atomic E-state index is 14.5. The SMILES string of the molecule is Cn1cc(C(=O)N2CCCCC2c2nc(N)ncc2-c2ccccc2F)ccc1=O. The summed E-state index contributed by atoms with van der Waals surface area (Å²) >= 11 is 0. The molecule has 0 aliphatic carbocycles. The molecule has 154 valence electrons. The summed E-state index contributed by atoms with van der Waals surface area (Å²) in [5.74, 6) is -0.518. The summed E-state index contributed by atoms with van der Waals surface area (Å²) in [6.45, 7) is 0.535. The second-order valence-electron chi connectivity index (χ2n) is 7.38. The molecule has 1 aromatic carbocycles. The van der Waals surface area contributed by atoms with Gasteiger partial charge in [0.1, 0.15) is 5.82 Å². The fraction of sp³-hybridized carbons (Fsp3) is 0.273. The summed E-state index contributed by atoms with van der Waals surface area (Å²) < 4.78 is 15.9. The Balaban J connectivity index is 1.79. The van der Waals surface area contributed by atoms with Gasteiger partial charge in [-0.3, -0.25) is 9.59 Å². The lowest BCUT2D eigenvalue weighted by atomic mass is 9.93. The van der Waals surface area contributed by atoms with Crippen LogP contribution in [0.3, 0.4) is 0 Å². The smallest absolute Gasteiger partial charge is 0.255 e. The van der Waals surface area contributed by atoms with E-state index in [1.165, 1.54) is 35.2 Å². The monoisotopic (exact) mass is 407 g/mol. The lowest BCUT2D eigenvalue weighted by molar-refractivity contribution is 0.0606. The van der Waals surface area contributed by atoms with Crippen molar-refractivity contribution in [1.82, 2.24) is 19.4 Å². The molecule has 0 bridgehead atoms. The van der Waals surface area contributed by atoms with Crippen LogP contribution in [-0.2, 0) is 7.05 Å². The Morgan fingerprint density at radius 1 is 1.17 bits per heavy atom. The van der Waals surface area contributed by atoms with Crippen LogP contribution < -0.4 is 11.3 Å². The topological polar surface area (TPSA) is 94.1 Å². The highest BCUT2D eigenvalue weighted by atomic mass is 19.1. The van der Waals surface area contributed by atoms with Crippen molar-refractivity contribution in [2.75, 3.05) is 12.3 Å². The molecule has 0 radical (unpaired) electrons. The molecule has 1 amide bonds. The molecular weight excluding hydrogens is 385 g/mol. The molecule has 1 fully saturated rings. The zero-order valence-electron chi connectivity index (χ0n) is 16.6. The highest BCUT2D eigenvalue weighted by Gasteiger charge is 2.32. The van der Waals surface area contributed by atoms with E-state index in [1.807, 2.05) is 0 Å². The molecule has 30 heavy (non-hydrogen) atoms. The Hall–Kier alpha value is -3.55. The highest BCUT2D eigenvalue weighted by molar-refractivity contribution is 5.94. The third kappa shape index (κ3) is 3.68. The van der Waals surface area contributed by atoms with Crippen molar-refractivity contribution in [3.63, 3.8) is 0 Å². The van der Waals surface area contributed by atoms with Crippen LogP contribution in [-0.4, -0.2) is 31.9 Å². The number of hydrogen-bond donors (Lipinski definition) is 1. The highest BCUT2D eigenvalue weighted by Crippen LogP contribution is 2.37. The fourth-order valence-corrected chi connectivity index (χ4v) is 3.90. The van der Waals surface area contributed by atoms with Gasteiger partial charge in [-0.15, -0.1) is 0 Å². The van der Waals surface area contributed by atoms with Crippen LogP contribution in [0.5, 0.6) is 0 Å². The van der Waals surface area contributed by atoms with E-state index in [0.717, 1.165) is 12.8 Å². The molecule has 0 saturated carbocycles. The lowest BCUT2D eigenvalue weighted by Crippen LogP contribution is -2.39. The second kappa shape index (κ2) is 8.06. The first-order valence-electron chi connectivity index (χ1n) is 9.80. The number of rotatable bonds is 3. The van der Waals surface area contributed by atoms with E-state index in [4.69, 9.17) is 5.73 Å². The summed E-state index contributed by atoms with van der Waals surface area (Å²) in [6.07, 6.45) is 5.48. The minimum Gasteiger partial charge on any atom is -0.368 e. The van der Waals surface area contributed by atoms with Crippen LogP contribution in [0, 0.1) is 5.82 Å². The largest absolute Gasteiger partial charge is 0.368 e. The van der Waals surface area contributed by atoms with E-state index in [-0.39, 0.29) is 29.3 Å². The molecule has 1 aliphatic rings. The number of nitrogen functional groups attached to an aromatic ring is 1. The summed E-state index contributed by atoms with van der Waals surface area (Å²) in [5.41, 5.74) is 7.51. The van der Waals surface area contributed by atoms with Crippen LogP contribution in [0.4, 0.5) is 10.3 Å². The number of carbonyl (C=O) groups is 1. The summed E-state index contributed by atoms with van der Waals surface area (Å²) in [4.78, 5) is 35.2. The zero-order chi connectivity index (χ0) is 21.3. The molecule has 7 nitrogen and oxygen atoms in total. The minimum atomic E-state index is -0.390. The van der Waals surface area contributed by atoms with Gasteiger partial charge in [0.25, 0.3) is 5.91 Å². The maximum Gasteiger partial charge on any atom is 0.255 e. The van der Waals surface area contributed by atoms with Crippen LogP contribution in [0.15, 0.2) is 53.6 Å². The zero-order valence-corrected chi connectivity index (χ0v) is 16.6. The van der Waals surface area contributed by atoms with Gasteiger partial charge >= 0.3 is 0 Å². The third-order valence-electron chi connectivity index (χ3n) is 5.41. The average molecular weight is 407 g/mol. The number of halogens is 1. The molecule has 1 atom stereocenters. The number of likely N-dealkylation sites (tertiary alicyclic amines) is 1. The van der Waals surface area contributed by atoms with E-state index in [2.05, 4.69) is 9.97 Å². The van der Waals surface area contributed by atoms with Gasteiger partial charge in [-0.05, 0) is 31.4 Å². The lowest BCUT2D eigenvalue weighted by Gasteiger charge is -2.36. The standard InChI is InChI=1S/C22H22FN5O2/c1-27-13-14(9-10-19(27)29)21(30)28-11-5-4-8-18(28)20-16(12-25-22(24)26-20)15-6-2-3-7-17(15)23/h2-3,6-7,9-10,12-13,18H,4-5,8,11H2,1H3,(H2,24,25,26). The summed E-state index contributed by atoms with van der Waals surface area (Å²) in [7, 11) is 1.61. The Labute approximate surface area is 173 Å². The third-order valence-corrected chi connectivity index (χ3v) is 5.41. The maximum absolute atomic E-state index is 14.5. The Kier molecular flexibility index (Phi) is 5.31. The molecule has 1 aliphatic heterocycles. The van der Waals surface area contributed by atoms with Crippen molar-refractivity contribution in [2.24, 2.45) is 7.05 Å². The van der Waals surface area contributed by atoms with Crippen molar-refractivity contribution in [3.8, 4) is 11.1 Å². The molecule has 1 unspecified atom stereocenters. The van der Waals surface area contributed by atoms with Gasteiger partial charge < -0.3 is 15.2 Å². The number of nitrogens with zero attached hydrogens (tertiary/aromatic N) is 4. The molecule has 3 heterocycles. The number of pyridine rings is 1. The van der Waals surface area contributed by atoms with Crippen molar-refractivity contribution in [2.45, 2.75) is 25.3 Å². The van der Waals surface area contributed by atoms with Crippen molar-refractivity contribution >= 4 is 11.9 Å². The molecule has 4 rings (SSSR count). The first-order chi connectivity index (χ1) is 14.5. The van der Waals surface area contributed by atoms with Crippen molar-refractivity contribution in [1.29, 1.82) is 0 Å². The van der Waals surface area contributed by atoms with Gasteiger partial charge in [-0.2, -0.15) is 0 Å². The number of nitrogens with two attached hydrogens (primary N) is 1. The van der Waals surface area contributed by atoms with E-state index in [0.29, 0.717) is 35.3 Å². The van der Waals surface area contributed by atoms with E-state index in [9.17, 15) is 14.0 Å². The average Bonchev–Trinajstić information content (AvgIpc) is 2.76. The van der Waals surface area contributed by atoms with Gasteiger partial charge in [0, 0.05) is 43.2 Å². The van der Waals surface area contributed by atoms with E-state index in [1.54, 1.807) is 30.1 Å². The number of hydrogen-bond acceptors (Lipinski definition) is 5. The Bertz CT molecular complexity index is 1160. The first-order valence-corrected chi connectivity index (χ1v) is 9.80. The van der Waals surface area contributed by atoms with Gasteiger partial charge in [-0.25, -0.2) is 14.4 Å². The number of anilines is 1. The van der Waals surface area contributed by atoms with Crippen LogP contribution in [0.25, 0.3) is 11.1 Å². The Morgan fingerprint density at radius 3 is 2.73 bits per heavy atom. The molecule has 0 spiro atoms. The van der Waals surface area contributed by atoms with Crippen molar-refractivity contribution < 1.29 is 9.18 Å². The number of aromatic nitrogens is 3. The number of amides is 1. The van der Waals surface area contributed by atoms with Gasteiger partial charge in [-0.1, -0.05) is 18.2 Å². The first kappa shape index (κ1) is 19.8. The molecule has 1 saturated heterocycles. The quantitative estimate of drug-likeness (QED) is 0.720. The van der Waals surface area contributed by atoms with E-state index < -0.39 is 0 Å².